The van der Waals surface area contributed by atoms with Gasteiger partial charge in [0.25, 0.3) is 0 Å². The topological polar surface area (TPSA) is 65.7 Å². The number of aryl methyl sites for hydroxylation is 1. The van der Waals surface area contributed by atoms with Crippen molar-refractivity contribution in [2.24, 2.45) is 0 Å². The van der Waals surface area contributed by atoms with Crippen LogP contribution in [-0.2, 0) is 6.54 Å². The van der Waals surface area contributed by atoms with Crippen molar-refractivity contribution in [3.63, 3.8) is 0 Å². The second-order valence-electron chi connectivity index (χ2n) is 6.34. The Balaban J connectivity index is 1.60. The number of carboxylic acid groups (broad SMARTS) is 1. The minimum Gasteiger partial charge on any atom is -0.478 e. The Kier molecular flexibility index (Phi) is 5.33. The highest BCUT2D eigenvalue weighted by molar-refractivity contribution is 5.87. The zero-order valence-electron chi connectivity index (χ0n) is 14.0. The number of aromatic carboxylic acids is 1. The number of nitrogens with one attached hydrogen (secondary N) is 1. The molecule has 3 rings (SSSR count). The van der Waals surface area contributed by atoms with Crippen LogP contribution >= 0.6 is 0 Å². The highest BCUT2D eigenvalue weighted by atomic mass is 16.4. The third-order valence-corrected chi connectivity index (χ3v) is 4.54. The number of carboxylic acids is 1. The van der Waals surface area contributed by atoms with Gasteiger partial charge < -0.3 is 14.8 Å². The highest BCUT2D eigenvalue weighted by Crippen LogP contribution is 2.26. The minimum atomic E-state index is -0.892. The molecule has 1 aliphatic heterocycles. The van der Waals surface area contributed by atoms with E-state index in [1.165, 1.54) is 12.8 Å². The van der Waals surface area contributed by atoms with Gasteiger partial charge in [-0.2, -0.15) is 0 Å². The predicted octanol–water partition coefficient (Wildman–Crippen LogP) is 3.21. The summed E-state index contributed by atoms with van der Waals surface area (Å²) >= 11 is 0. The molecule has 1 atom stereocenters. The average Bonchev–Trinajstić information content (AvgIpc) is 3.24. The number of rotatable bonds is 7. The lowest BCUT2D eigenvalue weighted by atomic mass is 10.1. The van der Waals surface area contributed by atoms with Gasteiger partial charge in [0.1, 0.15) is 11.5 Å². The molecule has 1 unspecified atom stereocenters. The van der Waals surface area contributed by atoms with Crippen molar-refractivity contribution in [1.29, 1.82) is 0 Å². The third-order valence-electron chi connectivity index (χ3n) is 4.54. The molecule has 1 fully saturated rings. The van der Waals surface area contributed by atoms with Gasteiger partial charge in [0, 0.05) is 13.1 Å². The Bertz CT molecular complexity index is 672. The van der Waals surface area contributed by atoms with Crippen LogP contribution in [0.25, 0.3) is 0 Å². The number of hydrogen-bond acceptors (Lipinski definition) is 4. The molecule has 0 amide bonds. The summed E-state index contributed by atoms with van der Waals surface area (Å²) in [6.45, 7) is 5.72. The van der Waals surface area contributed by atoms with Crippen LogP contribution in [0.3, 0.4) is 0 Å². The van der Waals surface area contributed by atoms with Crippen LogP contribution in [0.5, 0.6) is 0 Å². The fourth-order valence-corrected chi connectivity index (χ4v) is 3.21. The molecule has 0 radical (unpaired) electrons. The first-order valence-corrected chi connectivity index (χ1v) is 8.47. The molecule has 5 nitrogen and oxygen atoms in total. The lowest BCUT2D eigenvalue weighted by molar-refractivity contribution is 0.0697. The van der Waals surface area contributed by atoms with Gasteiger partial charge >= 0.3 is 5.97 Å². The Morgan fingerprint density at radius 3 is 2.50 bits per heavy atom. The first kappa shape index (κ1) is 16.7. The van der Waals surface area contributed by atoms with E-state index in [1.54, 1.807) is 12.1 Å². The number of nitrogens with zero attached hydrogens (tertiary/aromatic N) is 1. The van der Waals surface area contributed by atoms with Crippen molar-refractivity contribution in [3.05, 3.63) is 59.0 Å². The maximum absolute atomic E-state index is 10.9. The molecule has 0 saturated carbocycles. The summed E-state index contributed by atoms with van der Waals surface area (Å²) in [4.78, 5) is 13.4. The monoisotopic (exact) mass is 328 g/mol. The van der Waals surface area contributed by atoms with E-state index in [1.807, 2.05) is 25.1 Å². The van der Waals surface area contributed by atoms with Gasteiger partial charge in [-0.15, -0.1) is 0 Å². The second-order valence-corrected chi connectivity index (χ2v) is 6.34. The maximum Gasteiger partial charge on any atom is 0.335 e. The standard InChI is InChI=1S/C19H24N2O3/c1-14-4-9-18(24-14)17(21-10-2-3-11-21)13-20-12-15-5-7-16(8-6-15)19(22)23/h4-9,17,20H,2-3,10-13H2,1H3,(H,22,23). The zero-order valence-corrected chi connectivity index (χ0v) is 14.0. The maximum atomic E-state index is 10.9. The van der Waals surface area contributed by atoms with E-state index in [0.29, 0.717) is 12.1 Å². The SMILES string of the molecule is Cc1ccc(C(CNCc2ccc(C(=O)O)cc2)N2CCCC2)o1. The second kappa shape index (κ2) is 7.64. The molecule has 2 aromatic rings. The van der Waals surface area contributed by atoms with Crippen LogP contribution in [0.2, 0.25) is 0 Å². The summed E-state index contributed by atoms with van der Waals surface area (Å²) in [6.07, 6.45) is 2.49. The van der Waals surface area contributed by atoms with Crippen molar-refractivity contribution in [1.82, 2.24) is 10.2 Å². The van der Waals surface area contributed by atoms with Gasteiger partial charge in [-0.3, -0.25) is 4.90 Å². The third kappa shape index (κ3) is 4.04. The van der Waals surface area contributed by atoms with Crippen molar-refractivity contribution < 1.29 is 14.3 Å². The van der Waals surface area contributed by atoms with Crippen molar-refractivity contribution in [2.75, 3.05) is 19.6 Å². The molecule has 1 saturated heterocycles. The molecule has 128 valence electrons. The average molecular weight is 328 g/mol. The number of hydrogen-bond donors (Lipinski definition) is 2. The van der Waals surface area contributed by atoms with Crippen LogP contribution in [0.4, 0.5) is 0 Å². The fraction of sp³-hybridized carbons (Fsp3) is 0.421. The Morgan fingerprint density at radius 1 is 1.21 bits per heavy atom. The van der Waals surface area contributed by atoms with Gasteiger partial charge in [-0.25, -0.2) is 4.79 Å². The Labute approximate surface area is 142 Å². The highest BCUT2D eigenvalue weighted by Gasteiger charge is 2.25. The summed E-state index contributed by atoms with van der Waals surface area (Å²) < 4.78 is 5.86. The van der Waals surface area contributed by atoms with Crippen LogP contribution in [0.15, 0.2) is 40.8 Å². The predicted molar refractivity (Wildman–Crippen MR) is 92.1 cm³/mol. The zero-order chi connectivity index (χ0) is 16.9. The molecule has 1 aromatic heterocycles. The molecule has 1 aromatic carbocycles. The fourth-order valence-electron chi connectivity index (χ4n) is 3.21. The number of carbonyl (C=O) groups is 1. The number of likely N-dealkylation sites (tertiary alicyclic amines) is 1. The Hall–Kier alpha value is -2.11. The van der Waals surface area contributed by atoms with Gasteiger partial charge in [-0.1, -0.05) is 12.1 Å². The van der Waals surface area contributed by atoms with Gasteiger partial charge in [0.05, 0.1) is 11.6 Å². The van der Waals surface area contributed by atoms with E-state index in [-0.39, 0.29) is 6.04 Å². The van der Waals surface area contributed by atoms with E-state index >= 15 is 0 Å². The first-order chi connectivity index (χ1) is 11.6. The largest absolute Gasteiger partial charge is 0.478 e. The lowest BCUT2D eigenvalue weighted by Crippen LogP contribution is -2.33. The summed E-state index contributed by atoms with van der Waals surface area (Å²) in [6, 6.07) is 11.3. The molecule has 2 heterocycles. The van der Waals surface area contributed by atoms with Crippen molar-refractivity contribution >= 4 is 5.97 Å². The number of benzene rings is 1. The molecular formula is C19H24N2O3. The van der Waals surface area contributed by atoms with Crippen LogP contribution in [0.1, 0.15) is 46.3 Å². The molecule has 24 heavy (non-hydrogen) atoms. The summed E-state index contributed by atoms with van der Waals surface area (Å²) in [7, 11) is 0. The smallest absolute Gasteiger partial charge is 0.335 e. The van der Waals surface area contributed by atoms with E-state index in [0.717, 1.165) is 36.7 Å². The summed E-state index contributed by atoms with van der Waals surface area (Å²) in [5, 5.41) is 12.4. The lowest BCUT2D eigenvalue weighted by Gasteiger charge is -2.26. The first-order valence-electron chi connectivity index (χ1n) is 8.47. The van der Waals surface area contributed by atoms with Gasteiger partial charge in [-0.05, 0) is 62.7 Å². The van der Waals surface area contributed by atoms with E-state index in [2.05, 4.69) is 16.3 Å². The number of furan rings is 1. The molecule has 0 bridgehead atoms. The van der Waals surface area contributed by atoms with Gasteiger partial charge in [0.15, 0.2) is 0 Å². The molecule has 1 aliphatic rings. The normalized spacial score (nSPS) is 16.4. The molecule has 2 N–H and O–H groups in total. The van der Waals surface area contributed by atoms with E-state index in [4.69, 9.17) is 9.52 Å². The van der Waals surface area contributed by atoms with Crippen LogP contribution < -0.4 is 5.32 Å². The van der Waals surface area contributed by atoms with Gasteiger partial charge in [0.2, 0.25) is 0 Å². The summed E-state index contributed by atoms with van der Waals surface area (Å²) in [5.74, 6) is 1.07. The van der Waals surface area contributed by atoms with Crippen molar-refractivity contribution in [2.45, 2.75) is 32.4 Å². The van der Waals surface area contributed by atoms with Crippen LogP contribution in [0, 0.1) is 6.92 Å². The Morgan fingerprint density at radius 2 is 1.92 bits per heavy atom. The molecule has 0 spiro atoms. The quantitative estimate of drug-likeness (QED) is 0.817. The van der Waals surface area contributed by atoms with E-state index < -0.39 is 5.97 Å². The van der Waals surface area contributed by atoms with E-state index in [9.17, 15) is 4.79 Å². The molecule has 0 aliphatic carbocycles. The summed E-state index contributed by atoms with van der Waals surface area (Å²) in [5.41, 5.74) is 1.40. The minimum absolute atomic E-state index is 0.250. The molecule has 5 heteroatoms. The van der Waals surface area contributed by atoms with Crippen molar-refractivity contribution in [3.8, 4) is 0 Å². The molecular weight excluding hydrogens is 304 g/mol. The van der Waals surface area contributed by atoms with Crippen LogP contribution in [-0.4, -0.2) is 35.6 Å².